The summed E-state index contributed by atoms with van der Waals surface area (Å²) in [5.74, 6) is 0.478. The van der Waals surface area contributed by atoms with Gasteiger partial charge in [-0.05, 0) is 276 Å². The zero-order chi connectivity index (χ0) is 78.4. The summed E-state index contributed by atoms with van der Waals surface area (Å²) in [6, 6.07) is 127. The Labute approximate surface area is 692 Å². The molecule has 0 aliphatic heterocycles. The van der Waals surface area contributed by atoms with Gasteiger partial charge in [-0.25, -0.2) is 0 Å². The standard InChI is InChI=1S/C116H86N2/c1-2-3-4-8-31-78-66-91(79-32-9-5-10-33-79)71-97(67-78)118(94-45-27-41-83(68-94)111-73-87-39-16-19-48-99(87)104-51-22-24-53-106(104)111)95-46-28-42-84(69-95)112-76-90-59-58-89(75-113(90)108-55-26-25-54-107(108)112)102-56-30-57-109-114(74-88-40-17-20-49-101(88)116(102)109)85-43-29-44-93(70-85)117(96-64-65-100(80-34-11-6-12-35-80)115(77-96)81-36-13-7-14-37-81)92-62-60-82(61-63-92)110-72-86-38-15-18-47-98(86)103-50-21-23-52-105(103)110/h2-19,21-45,47-48,50-55,57-77,90,95,102,113H,1,20,46,49,56H2/b4-3-,31-8+. The van der Waals surface area contributed by atoms with Crippen molar-refractivity contribution in [3.63, 3.8) is 0 Å². The lowest BCUT2D eigenvalue weighted by molar-refractivity contribution is 0.664. The van der Waals surface area contributed by atoms with E-state index >= 15 is 0 Å². The molecule has 4 unspecified atom stereocenters. The van der Waals surface area contributed by atoms with Crippen LogP contribution in [0.25, 0.3) is 134 Å². The van der Waals surface area contributed by atoms with Gasteiger partial charge < -0.3 is 9.80 Å². The first-order chi connectivity index (χ1) is 58.5. The van der Waals surface area contributed by atoms with Gasteiger partial charge in [-0.2, -0.15) is 0 Å². The Bertz CT molecular complexity index is 6950. The molecular weight excluding hydrogens is 1420 g/mol. The quantitative estimate of drug-likeness (QED) is 0.0662. The molecule has 2 nitrogen and oxygen atoms in total. The van der Waals surface area contributed by atoms with Crippen LogP contribution in [0.4, 0.5) is 28.4 Å². The lowest BCUT2D eigenvalue weighted by Crippen LogP contribution is -2.31. The smallest absolute Gasteiger partial charge is 0.0565 e. The Balaban J connectivity index is 0.648. The van der Waals surface area contributed by atoms with Gasteiger partial charge in [-0.1, -0.05) is 359 Å². The van der Waals surface area contributed by atoms with Gasteiger partial charge in [0.2, 0.25) is 0 Å². The first kappa shape index (κ1) is 71.3. The van der Waals surface area contributed by atoms with Crippen molar-refractivity contribution < 1.29 is 0 Å². The van der Waals surface area contributed by atoms with E-state index in [0.29, 0.717) is 0 Å². The van der Waals surface area contributed by atoms with Gasteiger partial charge in [0, 0.05) is 46.2 Å². The van der Waals surface area contributed by atoms with Crippen LogP contribution in [-0.2, 0) is 6.42 Å². The molecule has 5 aliphatic carbocycles. The maximum absolute atomic E-state index is 3.95. The first-order valence-corrected chi connectivity index (χ1v) is 41.7. The summed E-state index contributed by atoms with van der Waals surface area (Å²) in [5, 5.41) is 10.0. The van der Waals surface area contributed by atoms with Crippen molar-refractivity contribution in [1.82, 2.24) is 0 Å². The number of benzene rings is 16. The van der Waals surface area contributed by atoms with Gasteiger partial charge in [-0.15, -0.1) is 0 Å². The minimum atomic E-state index is -0.0373. The molecule has 560 valence electrons. The topological polar surface area (TPSA) is 6.48 Å². The minimum absolute atomic E-state index is 0.0373. The van der Waals surface area contributed by atoms with Crippen LogP contribution < -0.4 is 9.80 Å². The molecule has 0 saturated carbocycles. The van der Waals surface area contributed by atoms with E-state index in [0.717, 1.165) is 65.2 Å². The van der Waals surface area contributed by atoms with Crippen molar-refractivity contribution in [3.8, 4) is 66.8 Å². The average molecular weight is 1510 g/mol. The number of hydrogen-bond donors (Lipinski definition) is 0. The molecule has 0 heterocycles. The number of nitrogens with zero attached hydrogens (tertiary/aromatic N) is 2. The Kier molecular flexibility index (Phi) is 18.8. The fourth-order valence-corrected chi connectivity index (χ4v) is 19.6. The fourth-order valence-electron chi connectivity index (χ4n) is 19.6. The lowest BCUT2D eigenvalue weighted by Gasteiger charge is -2.37. The van der Waals surface area contributed by atoms with Crippen LogP contribution in [0, 0.1) is 5.92 Å². The molecule has 0 fully saturated rings. The number of fused-ring (bicyclic) bond motifs is 12. The van der Waals surface area contributed by atoms with Crippen molar-refractivity contribution in [2.75, 3.05) is 9.80 Å². The van der Waals surface area contributed by atoms with Crippen LogP contribution in [-0.4, -0.2) is 6.04 Å². The molecule has 0 aromatic heterocycles. The SMILES string of the molecule is C=C/C=C\C=C\c1cc(-c2ccccc2)cc(N(c2cccc(-c3cc4ccccc4c4ccccc34)c2)C2C=C(C3=CC4C=CC(C5CC=Cc6c(-c7cccc(N(c8ccc(-c9cc%10ccccc%10c%10ccccc9%10)cc8)c8ccc(-c9ccccc9)c(-c9ccccc9)c8)c7)cc7c(c65)CCC=C7)=CC4c4ccccc43)C=CC2)c1. The molecule has 0 N–H and O–H groups in total. The summed E-state index contributed by atoms with van der Waals surface area (Å²) in [5.41, 5.74) is 33.2. The zero-order valence-electron chi connectivity index (χ0n) is 65.8. The van der Waals surface area contributed by atoms with Crippen LogP contribution in [0.5, 0.6) is 0 Å². The second-order valence-electron chi connectivity index (χ2n) is 31.9. The van der Waals surface area contributed by atoms with Crippen molar-refractivity contribution in [1.29, 1.82) is 0 Å². The minimum Gasteiger partial charge on any atom is -0.334 e. The van der Waals surface area contributed by atoms with Crippen LogP contribution in [0.3, 0.4) is 0 Å². The fraction of sp³-hybridized carbons (Fsp3) is 0.0690. The average Bonchev–Trinajstić information content (AvgIpc) is 0.740. The molecule has 0 radical (unpaired) electrons. The van der Waals surface area contributed by atoms with Crippen molar-refractivity contribution in [2.24, 2.45) is 5.92 Å². The molecule has 0 amide bonds. The summed E-state index contributed by atoms with van der Waals surface area (Å²) >= 11 is 0. The molecule has 21 rings (SSSR count). The monoisotopic (exact) mass is 1510 g/mol. The van der Waals surface area contributed by atoms with E-state index in [1.807, 2.05) is 12.2 Å². The maximum atomic E-state index is 3.95. The van der Waals surface area contributed by atoms with E-state index in [9.17, 15) is 0 Å². The second-order valence-corrected chi connectivity index (χ2v) is 31.9. The van der Waals surface area contributed by atoms with Crippen LogP contribution in [0.15, 0.2) is 436 Å². The largest absolute Gasteiger partial charge is 0.334 e. The molecule has 5 aliphatic rings. The Morgan fingerprint density at radius 1 is 0.347 bits per heavy atom. The van der Waals surface area contributed by atoms with E-state index in [1.165, 1.54) is 154 Å². The summed E-state index contributed by atoms with van der Waals surface area (Å²) in [4.78, 5) is 5.08. The predicted octanol–water partition coefficient (Wildman–Crippen LogP) is 31.4. The highest BCUT2D eigenvalue weighted by Gasteiger charge is 2.36. The molecule has 118 heavy (non-hydrogen) atoms. The van der Waals surface area contributed by atoms with Crippen LogP contribution >= 0.6 is 0 Å². The lowest BCUT2D eigenvalue weighted by atomic mass is 9.68. The molecule has 4 atom stereocenters. The molecule has 0 spiro atoms. The van der Waals surface area contributed by atoms with Crippen LogP contribution in [0.2, 0.25) is 0 Å². The van der Waals surface area contributed by atoms with Gasteiger partial charge >= 0.3 is 0 Å². The molecular formula is C116H86N2. The predicted molar refractivity (Wildman–Crippen MR) is 504 cm³/mol. The number of allylic oxidation sites excluding steroid dienone is 14. The molecule has 16 aromatic rings. The highest BCUT2D eigenvalue weighted by Crippen LogP contribution is 2.53. The third kappa shape index (κ3) is 13.3. The molecule has 0 saturated heterocycles. The zero-order valence-corrected chi connectivity index (χ0v) is 65.8. The van der Waals surface area contributed by atoms with E-state index in [2.05, 4.69) is 441 Å². The Morgan fingerprint density at radius 2 is 0.932 bits per heavy atom. The summed E-state index contributed by atoms with van der Waals surface area (Å²) in [6.07, 6.45) is 41.4. The highest BCUT2D eigenvalue weighted by molar-refractivity contribution is 6.15. The third-order valence-corrected chi connectivity index (χ3v) is 25.0. The number of hydrogen-bond acceptors (Lipinski definition) is 2. The normalized spacial score (nSPS) is 16.5. The first-order valence-electron chi connectivity index (χ1n) is 41.7. The van der Waals surface area contributed by atoms with Gasteiger partial charge in [-0.3, -0.25) is 0 Å². The molecule has 2 heteroatoms. The number of anilines is 5. The summed E-state index contributed by atoms with van der Waals surface area (Å²) < 4.78 is 0. The molecule has 16 aromatic carbocycles. The third-order valence-electron chi connectivity index (χ3n) is 25.0. The van der Waals surface area contributed by atoms with Crippen molar-refractivity contribution >= 4 is 95.3 Å². The Morgan fingerprint density at radius 3 is 1.66 bits per heavy atom. The van der Waals surface area contributed by atoms with Crippen LogP contribution in [0.1, 0.15) is 70.0 Å². The van der Waals surface area contributed by atoms with E-state index in [-0.39, 0.29) is 23.8 Å². The maximum Gasteiger partial charge on any atom is 0.0565 e. The summed E-state index contributed by atoms with van der Waals surface area (Å²) in [6.45, 7) is 3.95. The second kappa shape index (κ2) is 31.1. The summed E-state index contributed by atoms with van der Waals surface area (Å²) in [7, 11) is 0. The molecule has 0 bridgehead atoms. The van der Waals surface area contributed by atoms with E-state index < -0.39 is 0 Å². The van der Waals surface area contributed by atoms with Gasteiger partial charge in [0.15, 0.2) is 0 Å². The van der Waals surface area contributed by atoms with Gasteiger partial charge in [0.05, 0.1) is 6.04 Å². The number of rotatable bonds is 17. The Hall–Kier alpha value is -14.4. The van der Waals surface area contributed by atoms with Crippen molar-refractivity contribution in [3.05, 3.63) is 475 Å². The van der Waals surface area contributed by atoms with Gasteiger partial charge in [0.25, 0.3) is 0 Å². The van der Waals surface area contributed by atoms with E-state index in [4.69, 9.17) is 0 Å². The highest BCUT2D eigenvalue weighted by atomic mass is 15.2. The van der Waals surface area contributed by atoms with E-state index in [1.54, 1.807) is 0 Å². The van der Waals surface area contributed by atoms with Crippen molar-refractivity contribution in [2.45, 2.75) is 43.6 Å². The van der Waals surface area contributed by atoms with Gasteiger partial charge in [0.1, 0.15) is 0 Å².